The molecular formula is C9H10LiNO4S2. The Hall–Kier alpha value is -0.163. The van der Waals surface area contributed by atoms with Crippen LogP contribution in [0.4, 0.5) is 0 Å². The summed E-state index contributed by atoms with van der Waals surface area (Å²) in [7, 11) is -3.41. The molecule has 0 aromatic heterocycles. The molecule has 5 nitrogen and oxygen atoms in total. The van der Waals surface area contributed by atoms with E-state index in [1.807, 2.05) is 0 Å². The topological polar surface area (TPSA) is 77.5 Å². The van der Waals surface area contributed by atoms with Crippen LogP contribution >= 0.6 is 0 Å². The summed E-state index contributed by atoms with van der Waals surface area (Å²) in [6.45, 7) is 1.08. The van der Waals surface area contributed by atoms with Crippen LogP contribution in [0.2, 0.25) is 0 Å². The van der Waals surface area contributed by atoms with Gasteiger partial charge in [-0.15, -0.1) is 0 Å². The summed E-state index contributed by atoms with van der Waals surface area (Å²) in [5, 5.41) is 0. The summed E-state index contributed by atoms with van der Waals surface area (Å²) in [5.74, 6) is 0. The third-order valence-corrected chi connectivity index (χ3v) is 5.04. The minimum atomic E-state index is -3.41. The molecule has 1 aliphatic rings. The van der Waals surface area contributed by atoms with E-state index < -0.39 is 21.1 Å². The molecule has 1 unspecified atom stereocenters. The zero-order chi connectivity index (χ0) is 11.8. The summed E-state index contributed by atoms with van der Waals surface area (Å²) >= 11 is -2.32. The average Bonchev–Trinajstić information content (AvgIpc) is 2.14. The molecule has 1 heterocycles. The normalized spacial score (nSPS) is 17.9. The monoisotopic (exact) mass is 267 g/mol. The van der Waals surface area contributed by atoms with Gasteiger partial charge in [-0.05, 0) is 41.8 Å². The van der Waals surface area contributed by atoms with Gasteiger partial charge < -0.3 is 4.55 Å². The molecule has 1 aliphatic heterocycles. The van der Waals surface area contributed by atoms with Crippen LogP contribution in [0.1, 0.15) is 6.42 Å². The third-order valence-electron chi connectivity index (χ3n) is 2.47. The zero-order valence-corrected chi connectivity index (χ0v) is 11.0. The second kappa shape index (κ2) is 5.65. The quantitative estimate of drug-likeness (QED) is 0.442. The molecule has 1 atom stereocenters. The van der Waals surface area contributed by atoms with Gasteiger partial charge in [0.25, 0.3) is 0 Å². The van der Waals surface area contributed by atoms with E-state index >= 15 is 0 Å². The van der Waals surface area contributed by atoms with Crippen LogP contribution in [0.5, 0.6) is 0 Å². The van der Waals surface area contributed by atoms with Crippen molar-refractivity contribution in [2.45, 2.75) is 16.2 Å². The molecule has 1 saturated heterocycles. The van der Waals surface area contributed by atoms with Gasteiger partial charge in [0.2, 0.25) is 10.0 Å². The van der Waals surface area contributed by atoms with Gasteiger partial charge in [0.05, 0.1) is 4.90 Å². The first-order valence-electron chi connectivity index (χ1n) is 4.71. The Labute approximate surface area is 115 Å². The smallest absolute Gasteiger partial charge is 0.768 e. The van der Waals surface area contributed by atoms with E-state index in [-0.39, 0.29) is 28.7 Å². The van der Waals surface area contributed by atoms with Crippen LogP contribution in [-0.4, -0.2) is 34.6 Å². The Bertz CT molecular complexity index is 510. The SMILES string of the molecule is O=S([O-])c1ccc(S(=O)(=O)N2CCC2)cc1.[Li+]. The Kier molecular flexibility index (Phi) is 4.95. The molecular weight excluding hydrogens is 257 g/mol. The largest absolute Gasteiger partial charge is 1.00 e. The van der Waals surface area contributed by atoms with Crippen LogP contribution in [-0.2, 0) is 21.1 Å². The van der Waals surface area contributed by atoms with E-state index in [0.717, 1.165) is 6.42 Å². The zero-order valence-electron chi connectivity index (χ0n) is 9.33. The predicted octanol–water partition coefficient (Wildman–Crippen LogP) is -2.68. The van der Waals surface area contributed by atoms with Crippen molar-refractivity contribution in [2.24, 2.45) is 0 Å². The molecule has 2 rings (SSSR count). The van der Waals surface area contributed by atoms with E-state index in [0.29, 0.717) is 13.1 Å². The minimum Gasteiger partial charge on any atom is -0.768 e. The number of rotatable bonds is 3. The van der Waals surface area contributed by atoms with Crippen molar-refractivity contribution in [1.82, 2.24) is 4.31 Å². The minimum absolute atomic E-state index is 0. The van der Waals surface area contributed by atoms with Crippen LogP contribution in [0.15, 0.2) is 34.1 Å². The predicted molar refractivity (Wildman–Crippen MR) is 57.0 cm³/mol. The van der Waals surface area contributed by atoms with Crippen LogP contribution in [0.25, 0.3) is 0 Å². The van der Waals surface area contributed by atoms with Crippen LogP contribution < -0.4 is 18.9 Å². The van der Waals surface area contributed by atoms with E-state index in [1.165, 1.54) is 28.6 Å². The average molecular weight is 267 g/mol. The summed E-state index contributed by atoms with van der Waals surface area (Å²) in [6, 6.07) is 5.21. The fourth-order valence-corrected chi connectivity index (χ4v) is 3.27. The molecule has 0 saturated carbocycles. The molecule has 1 fully saturated rings. The number of hydrogen-bond donors (Lipinski definition) is 0. The second-order valence-electron chi connectivity index (χ2n) is 3.46. The van der Waals surface area contributed by atoms with Crippen LogP contribution in [0, 0.1) is 0 Å². The van der Waals surface area contributed by atoms with Crippen molar-refractivity contribution in [3.8, 4) is 0 Å². The Morgan fingerprint density at radius 1 is 1.18 bits per heavy atom. The number of nitrogens with zero attached hydrogens (tertiary/aromatic N) is 1. The third kappa shape index (κ3) is 2.99. The molecule has 0 bridgehead atoms. The number of hydrogen-bond acceptors (Lipinski definition) is 4. The van der Waals surface area contributed by atoms with Gasteiger partial charge in [0.15, 0.2) is 0 Å². The van der Waals surface area contributed by atoms with E-state index in [4.69, 9.17) is 0 Å². The first kappa shape index (κ1) is 14.9. The van der Waals surface area contributed by atoms with E-state index in [9.17, 15) is 17.2 Å². The molecule has 1 aromatic carbocycles. The van der Waals surface area contributed by atoms with Crippen molar-refractivity contribution in [2.75, 3.05) is 13.1 Å². The van der Waals surface area contributed by atoms with Gasteiger partial charge in [0.1, 0.15) is 0 Å². The maximum absolute atomic E-state index is 11.9. The molecule has 0 aliphatic carbocycles. The molecule has 8 heteroatoms. The maximum Gasteiger partial charge on any atom is 1.00 e. The summed E-state index contributed by atoms with van der Waals surface area (Å²) in [4.78, 5) is 0.226. The first-order valence-corrected chi connectivity index (χ1v) is 7.23. The van der Waals surface area contributed by atoms with Gasteiger partial charge in [0, 0.05) is 18.0 Å². The Morgan fingerprint density at radius 3 is 2.06 bits per heavy atom. The summed E-state index contributed by atoms with van der Waals surface area (Å²) in [5.41, 5.74) is 0. The molecule has 0 radical (unpaired) electrons. The van der Waals surface area contributed by atoms with Gasteiger partial charge in [-0.1, -0.05) is 0 Å². The van der Waals surface area contributed by atoms with Gasteiger partial charge in [-0.2, -0.15) is 4.31 Å². The molecule has 0 N–H and O–H groups in total. The molecule has 0 spiro atoms. The molecule has 1 aromatic rings. The van der Waals surface area contributed by atoms with Crippen molar-refractivity contribution in [1.29, 1.82) is 0 Å². The van der Waals surface area contributed by atoms with Crippen LogP contribution in [0.3, 0.4) is 0 Å². The maximum atomic E-state index is 11.9. The van der Waals surface area contributed by atoms with Gasteiger partial charge in [-0.3, -0.25) is 4.21 Å². The van der Waals surface area contributed by atoms with Crippen molar-refractivity contribution in [3.63, 3.8) is 0 Å². The first-order chi connectivity index (χ1) is 7.51. The summed E-state index contributed by atoms with van der Waals surface area (Å²) in [6.07, 6.45) is 0.877. The standard InChI is InChI=1S/C9H11NO4S2.Li/c11-15(12)8-2-4-9(5-3-8)16(13,14)10-6-1-7-10;/h2-5H,1,6-7H2,(H,11,12);/q;+1/p-1. The second-order valence-corrected chi connectivity index (χ2v) is 6.34. The van der Waals surface area contributed by atoms with E-state index in [2.05, 4.69) is 0 Å². The van der Waals surface area contributed by atoms with Crippen molar-refractivity contribution < 1.29 is 36.0 Å². The number of sulfonamides is 1. The summed E-state index contributed by atoms with van der Waals surface area (Å²) < 4.78 is 46.3. The van der Waals surface area contributed by atoms with E-state index in [1.54, 1.807) is 0 Å². The van der Waals surface area contributed by atoms with Gasteiger partial charge >= 0.3 is 18.9 Å². The Balaban J connectivity index is 0.00000144. The fourth-order valence-electron chi connectivity index (χ4n) is 1.40. The molecule has 17 heavy (non-hydrogen) atoms. The number of benzene rings is 1. The fraction of sp³-hybridized carbons (Fsp3) is 0.333. The Morgan fingerprint density at radius 2 is 1.71 bits per heavy atom. The molecule has 88 valence electrons. The van der Waals surface area contributed by atoms with Crippen molar-refractivity contribution >= 4 is 21.1 Å². The van der Waals surface area contributed by atoms with Crippen molar-refractivity contribution in [3.05, 3.63) is 24.3 Å². The van der Waals surface area contributed by atoms with Gasteiger partial charge in [-0.25, -0.2) is 8.42 Å². The molecule has 0 amide bonds.